The topological polar surface area (TPSA) is 105 Å². The summed E-state index contributed by atoms with van der Waals surface area (Å²) < 4.78 is 29.5. The quantitative estimate of drug-likeness (QED) is 0.509. The van der Waals surface area contributed by atoms with E-state index in [4.69, 9.17) is 16.6 Å². The first-order valence-corrected chi connectivity index (χ1v) is 13.0. The van der Waals surface area contributed by atoms with E-state index in [1.165, 1.54) is 12.1 Å². The number of sulfonamides is 1. The zero-order chi connectivity index (χ0) is 23.6. The molecule has 0 radical (unpaired) electrons. The number of aliphatic carboxylic acids is 1. The molecule has 33 heavy (non-hydrogen) atoms. The molecule has 1 unspecified atom stereocenters. The van der Waals surface area contributed by atoms with Gasteiger partial charge in [-0.15, -0.1) is 0 Å². The Kier molecular flexibility index (Phi) is 7.02. The second-order valence-corrected chi connectivity index (χ2v) is 10.6. The maximum absolute atomic E-state index is 13.2. The largest absolute Gasteiger partial charge is 0.480 e. The van der Waals surface area contributed by atoms with Crippen LogP contribution in [0.2, 0.25) is 5.02 Å². The number of carboxylic acids is 1. The van der Waals surface area contributed by atoms with E-state index in [0.717, 1.165) is 46.1 Å². The van der Waals surface area contributed by atoms with Crippen molar-refractivity contribution < 1.29 is 18.3 Å². The first-order valence-electron chi connectivity index (χ1n) is 11.2. The standard InChI is InChI=1S/C23H27ClN4O4S/c1-2-3-9-21-26-19-7-6-12-25-22(19)27(21)15-16-10-11-17(14-18(16)24)33(31,32)28-13-5-4-8-20(28)23(29)30/h6-7,10-12,14,20H,2-5,8-9,13,15H2,1H3,(H,29,30). The molecule has 3 heterocycles. The molecule has 8 nitrogen and oxygen atoms in total. The molecule has 176 valence electrons. The number of unbranched alkanes of at least 4 members (excludes halogenated alkanes) is 1. The van der Waals surface area contributed by atoms with Gasteiger partial charge >= 0.3 is 5.97 Å². The molecule has 0 saturated carbocycles. The van der Waals surface area contributed by atoms with Crippen molar-refractivity contribution in [1.82, 2.24) is 18.8 Å². The van der Waals surface area contributed by atoms with Crippen molar-refractivity contribution in [1.29, 1.82) is 0 Å². The number of pyridine rings is 1. The van der Waals surface area contributed by atoms with Crippen molar-refractivity contribution in [3.05, 3.63) is 52.9 Å². The van der Waals surface area contributed by atoms with Crippen LogP contribution in [0.3, 0.4) is 0 Å². The van der Waals surface area contributed by atoms with Gasteiger partial charge in [-0.3, -0.25) is 4.79 Å². The Hall–Kier alpha value is -2.49. The second-order valence-electron chi connectivity index (χ2n) is 8.28. The van der Waals surface area contributed by atoms with Gasteiger partial charge in [-0.25, -0.2) is 18.4 Å². The highest BCUT2D eigenvalue weighted by molar-refractivity contribution is 7.89. The van der Waals surface area contributed by atoms with Crippen LogP contribution in [-0.2, 0) is 27.8 Å². The molecule has 1 fully saturated rings. The summed E-state index contributed by atoms with van der Waals surface area (Å²) in [7, 11) is -3.98. The Morgan fingerprint density at radius 1 is 1.27 bits per heavy atom. The molecule has 1 aliphatic rings. The first kappa shape index (κ1) is 23.7. The summed E-state index contributed by atoms with van der Waals surface area (Å²) in [6.07, 6.45) is 6.20. The van der Waals surface area contributed by atoms with Gasteiger partial charge in [-0.2, -0.15) is 4.31 Å². The van der Waals surface area contributed by atoms with Crippen LogP contribution in [0.1, 0.15) is 50.4 Å². The number of aryl methyl sites for hydroxylation is 1. The van der Waals surface area contributed by atoms with Crippen molar-refractivity contribution in [2.45, 2.75) is 62.9 Å². The highest BCUT2D eigenvalue weighted by Gasteiger charge is 2.37. The van der Waals surface area contributed by atoms with Gasteiger partial charge < -0.3 is 9.67 Å². The van der Waals surface area contributed by atoms with Crippen molar-refractivity contribution >= 4 is 38.8 Å². The minimum atomic E-state index is -3.98. The van der Waals surface area contributed by atoms with Crippen molar-refractivity contribution in [3.63, 3.8) is 0 Å². The van der Waals surface area contributed by atoms with Crippen LogP contribution in [0.25, 0.3) is 11.2 Å². The number of carbonyl (C=O) groups is 1. The lowest BCUT2D eigenvalue weighted by Gasteiger charge is -2.31. The zero-order valence-corrected chi connectivity index (χ0v) is 20.0. The number of rotatable bonds is 8. The third kappa shape index (κ3) is 4.76. The fraction of sp³-hybridized carbons (Fsp3) is 0.435. The van der Waals surface area contributed by atoms with E-state index in [1.807, 2.05) is 16.7 Å². The van der Waals surface area contributed by atoms with Crippen LogP contribution in [0, 0.1) is 0 Å². The van der Waals surface area contributed by atoms with E-state index in [-0.39, 0.29) is 11.4 Å². The summed E-state index contributed by atoms with van der Waals surface area (Å²) in [5.41, 5.74) is 2.31. The van der Waals surface area contributed by atoms with Gasteiger partial charge in [0.05, 0.1) is 11.4 Å². The molecule has 3 aromatic rings. The summed E-state index contributed by atoms with van der Waals surface area (Å²) in [6, 6.07) is 7.32. The van der Waals surface area contributed by atoms with Gasteiger partial charge in [0.2, 0.25) is 10.0 Å². The molecule has 0 spiro atoms. The predicted molar refractivity (Wildman–Crippen MR) is 126 cm³/mol. The third-order valence-corrected chi connectivity index (χ3v) is 8.29. The van der Waals surface area contributed by atoms with Gasteiger partial charge in [0.15, 0.2) is 5.65 Å². The Labute approximate surface area is 198 Å². The summed E-state index contributed by atoms with van der Waals surface area (Å²) >= 11 is 6.54. The highest BCUT2D eigenvalue weighted by Crippen LogP contribution is 2.29. The van der Waals surface area contributed by atoms with Crippen LogP contribution in [0.5, 0.6) is 0 Å². The van der Waals surface area contributed by atoms with Gasteiger partial charge in [0.25, 0.3) is 0 Å². The van der Waals surface area contributed by atoms with Crippen molar-refractivity contribution in [2.75, 3.05) is 6.54 Å². The van der Waals surface area contributed by atoms with Crippen LogP contribution in [0.15, 0.2) is 41.4 Å². The second kappa shape index (κ2) is 9.79. The Morgan fingerprint density at radius 2 is 2.09 bits per heavy atom. The maximum Gasteiger partial charge on any atom is 0.322 e. The molecule has 1 atom stereocenters. The van der Waals surface area contributed by atoms with Crippen molar-refractivity contribution in [2.24, 2.45) is 0 Å². The number of halogens is 1. The molecule has 0 bridgehead atoms. The fourth-order valence-corrected chi connectivity index (χ4v) is 6.24. The number of aromatic nitrogens is 3. The summed E-state index contributed by atoms with van der Waals surface area (Å²) in [4.78, 5) is 20.8. The SMILES string of the molecule is CCCCc1nc2cccnc2n1Cc1ccc(S(=O)(=O)N2CCCCC2C(=O)O)cc1Cl. The van der Waals surface area contributed by atoms with E-state index in [1.54, 1.807) is 12.3 Å². The average molecular weight is 491 g/mol. The summed E-state index contributed by atoms with van der Waals surface area (Å²) in [5.74, 6) is -0.212. The molecule has 10 heteroatoms. The average Bonchev–Trinajstić information content (AvgIpc) is 3.16. The summed E-state index contributed by atoms with van der Waals surface area (Å²) in [5, 5.41) is 9.79. The number of hydrogen-bond donors (Lipinski definition) is 1. The minimum Gasteiger partial charge on any atom is -0.480 e. The van der Waals surface area contributed by atoms with E-state index in [9.17, 15) is 18.3 Å². The number of fused-ring (bicyclic) bond motifs is 1. The number of hydrogen-bond acceptors (Lipinski definition) is 5. The Morgan fingerprint density at radius 3 is 2.82 bits per heavy atom. The lowest BCUT2D eigenvalue weighted by Crippen LogP contribution is -2.47. The number of piperidine rings is 1. The van der Waals surface area contributed by atoms with Crippen LogP contribution in [-0.4, -0.2) is 50.9 Å². The van der Waals surface area contributed by atoms with E-state index >= 15 is 0 Å². The highest BCUT2D eigenvalue weighted by atomic mass is 35.5. The van der Waals surface area contributed by atoms with Gasteiger partial charge in [0.1, 0.15) is 17.4 Å². The molecular formula is C23H27ClN4O4S. The molecular weight excluding hydrogens is 464 g/mol. The normalized spacial score (nSPS) is 17.5. The van der Waals surface area contributed by atoms with E-state index in [0.29, 0.717) is 30.8 Å². The van der Waals surface area contributed by atoms with Crippen LogP contribution >= 0.6 is 11.6 Å². The fourth-order valence-electron chi connectivity index (χ4n) is 4.26. The van der Waals surface area contributed by atoms with E-state index < -0.39 is 22.0 Å². The molecule has 1 aliphatic heterocycles. The van der Waals surface area contributed by atoms with Crippen LogP contribution in [0.4, 0.5) is 0 Å². The van der Waals surface area contributed by atoms with Gasteiger partial charge in [0, 0.05) is 24.2 Å². The molecule has 1 aromatic carbocycles. The molecule has 1 N–H and O–H groups in total. The molecule has 4 rings (SSSR count). The third-order valence-electron chi connectivity index (χ3n) is 6.04. The number of nitrogens with zero attached hydrogens (tertiary/aromatic N) is 4. The monoisotopic (exact) mass is 490 g/mol. The van der Waals surface area contributed by atoms with Gasteiger partial charge in [-0.1, -0.05) is 31.0 Å². The van der Waals surface area contributed by atoms with Crippen molar-refractivity contribution in [3.8, 4) is 0 Å². The molecule has 0 aliphatic carbocycles. The van der Waals surface area contributed by atoms with Gasteiger partial charge in [-0.05, 0) is 55.5 Å². The first-order chi connectivity index (χ1) is 15.8. The Balaban J connectivity index is 1.66. The molecule has 1 saturated heterocycles. The van der Waals surface area contributed by atoms with Crippen LogP contribution < -0.4 is 0 Å². The molecule has 2 aromatic heterocycles. The number of imidazole rings is 1. The smallest absolute Gasteiger partial charge is 0.322 e. The maximum atomic E-state index is 13.2. The Bertz CT molecular complexity index is 1270. The lowest BCUT2D eigenvalue weighted by molar-refractivity contribution is -0.142. The number of carboxylic acid groups (broad SMARTS) is 1. The predicted octanol–water partition coefficient (Wildman–Crippen LogP) is 4.10. The number of benzene rings is 1. The molecule has 0 amide bonds. The lowest BCUT2D eigenvalue weighted by atomic mass is 10.1. The summed E-state index contributed by atoms with van der Waals surface area (Å²) in [6.45, 7) is 2.72. The minimum absolute atomic E-state index is 0.00391. The zero-order valence-electron chi connectivity index (χ0n) is 18.4. The van der Waals surface area contributed by atoms with E-state index in [2.05, 4.69) is 11.9 Å².